The van der Waals surface area contributed by atoms with Crippen LogP contribution in [0.5, 0.6) is 11.5 Å². The summed E-state index contributed by atoms with van der Waals surface area (Å²) in [4.78, 5) is 12.2. The minimum absolute atomic E-state index is 0.256. The van der Waals surface area contributed by atoms with E-state index >= 15 is 0 Å². The minimum atomic E-state index is -0.256. The first-order valence-corrected chi connectivity index (χ1v) is 8.23. The Bertz CT molecular complexity index is 670. The molecule has 124 valence electrons. The number of rotatable bonds is 7. The van der Waals surface area contributed by atoms with Gasteiger partial charge in [0.1, 0.15) is 5.01 Å². The van der Waals surface area contributed by atoms with E-state index in [2.05, 4.69) is 29.4 Å². The molecule has 0 aliphatic heterocycles. The van der Waals surface area contributed by atoms with Gasteiger partial charge in [-0.1, -0.05) is 25.2 Å². The zero-order valence-corrected chi connectivity index (χ0v) is 14.6. The Kier molecular flexibility index (Phi) is 5.92. The van der Waals surface area contributed by atoms with Crippen LogP contribution in [0.1, 0.15) is 35.6 Å². The average molecular weight is 335 g/mol. The van der Waals surface area contributed by atoms with Crippen LogP contribution in [0.15, 0.2) is 18.2 Å². The fraction of sp³-hybridized carbons (Fsp3) is 0.438. The number of aryl methyl sites for hydroxylation is 1. The van der Waals surface area contributed by atoms with Gasteiger partial charge < -0.3 is 9.47 Å². The Morgan fingerprint density at radius 3 is 2.70 bits per heavy atom. The van der Waals surface area contributed by atoms with Crippen LogP contribution in [-0.4, -0.2) is 29.8 Å². The van der Waals surface area contributed by atoms with E-state index in [-0.39, 0.29) is 5.91 Å². The molecule has 0 atom stereocenters. The van der Waals surface area contributed by atoms with Crippen LogP contribution in [0, 0.1) is 12.8 Å². The van der Waals surface area contributed by atoms with E-state index in [1.165, 1.54) is 11.3 Å². The number of hydrogen-bond acceptors (Lipinski definition) is 6. The molecule has 0 bridgehead atoms. The van der Waals surface area contributed by atoms with Gasteiger partial charge in [-0.25, -0.2) is 0 Å². The molecule has 0 aliphatic rings. The number of methoxy groups -OCH3 is 1. The maximum atomic E-state index is 12.2. The summed E-state index contributed by atoms with van der Waals surface area (Å²) in [6.45, 7) is 6.73. The van der Waals surface area contributed by atoms with Gasteiger partial charge in [0.15, 0.2) is 11.5 Å². The summed E-state index contributed by atoms with van der Waals surface area (Å²) in [6.07, 6.45) is 0.960. The number of benzene rings is 1. The maximum absolute atomic E-state index is 12.2. The van der Waals surface area contributed by atoms with E-state index < -0.39 is 0 Å². The lowest BCUT2D eigenvalue weighted by Crippen LogP contribution is -2.12. The largest absolute Gasteiger partial charge is 0.493 e. The van der Waals surface area contributed by atoms with Crippen LogP contribution in [-0.2, 0) is 0 Å². The van der Waals surface area contributed by atoms with Crippen LogP contribution in [0.2, 0.25) is 0 Å². The topological polar surface area (TPSA) is 73.3 Å². The third-order valence-corrected chi connectivity index (χ3v) is 3.88. The number of nitrogens with one attached hydrogen (secondary N) is 1. The van der Waals surface area contributed by atoms with E-state index in [4.69, 9.17) is 9.47 Å². The fourth-order valence-corrected chi connectivity index (χ4v) is 2.44. The number of hydrogen-bond donors (Lipinski definition) is 1. The Hall–Kier alpha value is -2.15. The van der Waals surface area contributed by atoms with Gasteiger partial charge in [-0.05, 0) is 37.5 Å². The normalized spacial score (nSPS) is 10.7. The van der Waals surface area contributed by atoms with Gasteiger partial charge in [0, 0.05) is 5.56 Å². The molecule has 0 saturated heterocycles. The molecule has 0 aliphatic carbocycles. The molecule has 1 aromatic carbocycles. The number of ether oxygens (including phenoxy) is 2. The summed E-state index contributed by atoms with van der Waals surface area (Å²) in [5, 5.41) is 11.7. The lowest BCUT2D eigenvalue weighted by atomic mass is 10.1. The first kappa shape index (κ1) is 17.2. The van der Waals surface area contributed by atoms with E-state index in [1.54, 1.807) is 25.3 Å². The summed E-state index contributed by atoms with van der Waals surface area (Å²) in [5.41, 5.74) is 0.478. The van der Waals surface area contributed by atoms with Crippen molar-refractivity contribution in [2.75, 3.05) is 19.0 Å². The monoisotopic (exact) mass is 335 g/mol. The SMILES string of the molecule is COc1cc(C(=O)Nc2nnc(C)s2)ccc1OCCC(C)C. The minimum Gasteiger partial charge on any atom is -0.493 e. The highest BCUT2D eigenvalue weighted by atomic mass is 32.1. The molecule has 0 fully saturated rings. The van der Waals surface area contributed by atoms with Gasteiger partial charge in [0.2, 0.25) is 5.13 Å². The van der Waals surface area contributed by atoms with Crippen molar-refractivity contribution < 1.29 is 14.3 Å². The smallest absolute Gasteiger partial charge is 0.257 e. The molecule has 6 nitrogen and oxygen atoms in total. The van der Waals surface area contributed by atoms with Crippen molar-refractivity contribution in [3.63, 3.8) is 0 Å². The lowest BCUT2D eigenvalue weighted by molar-refractivity contribution is 0.102. The van der Waals surface area contributed by atoms with Crippen molar-refractivity contribution >= 4 is 22.4 Å². The average Bonchev–Trinajstić information content (AvgIpc) is 2.92. The fourth-order valence-electron chi connectivity index (χ4n) is 1.85. The summed E-state index contributed by atoms with van der Waals surface area (Å²) >= 11 is 1.33. The molecule has 7 heteroatoms. The van der Waals surface area contributed by atoms with Crippen LogP contribution in [0.4, 0.5) is 5.13 Å². The zero-order chi connectivity index (χ0) is 16.8. The van der Waals surface area contributed by atoms with E-state index in [9.17, 15) is 4.79 Å². The molecule has 2 rings (SSSR count). The molecule has 2 aromatic rings. The molecule has 1 N–H and O–H groups in total. The van der Waals surface area contributed by atoms with Crippen molar-refractivity contribution in [2.45, 2.75) is 27.2 Å². The Morgan fingerprint density at radius 2 is 2.09 bits per heavy atom. The molecular weight excluding hydrogens is 314 g/mol. The van der Waals surface area contributed by atoms with E-state index in [0.717, 1.165) is 11.4 Å². The van der Waals surface area contributed by atoms with Gasteiger partial charge in [0.25, 0.3) is 5.91 Å². The Balaban J connectivity index is 2.06. The van der Waals surface area contributed by atoms with Gasteiger partial charge in [-0.2, -0.15) is 0 Å². The predicted molar refractivity (Wildman–Crippen MR) is 90.5 cm³/mol. The molecule has 1 heterocycles. The Morgan fingerprint density at radius 1 is 1.30 bits per heavy atom. The second-order valence-electron chi connectivity index (χ2n) is 5.48. The summed E-state index contributed by atoms with van der Waals surface area (Å²) in [5.74, 6) is 1.49. The van der Waals surface area contributed by atoms with Crippen molar-refractivity contribution in [1.82, 2.24) is 10.2 Å². The van der Waals surface area contributed by atoms with E-state index in [1.807, 2.05) is 6.92 Å². The standard InChI is InChI=1S/C16H21N3O3S/c1-10(2)7-8-22-13-6-5-12(9-14(13)21-4)15(20)17-16-19-18-11(3)23-16/h5-6,9-10H,7-8H2,1-4H3,(H,17,19,20). The van der Waals surface area contributed by atoms with Gasteiger partial charge in [-0.15, -0.1) is 10.2 Å². The summed E-state index contributed by atoms with van der Waals surface area (Å²) < 4.78 is 11.0. The van der Waals surface area contributed by atoms with Crippen molar-refractivity contribution in [3.8, 4) is 11.5 Å². The number of aromatic nitrogens is 2. The molecule has 0 unspecified atom stereocenters. The Labute approximate surface area is 139 Å². The second-order valence-corrected chi connectivity index (χ2v) is 6.66. The predicted octanol–water partition coefficient (Wildman–Crippen LogP) is 3.53. The molecule has 1 aromatic heterocycles. The number of anilines is 1. The lowest BCUT2D eigenvalue weighted by Gasteiger charge is -2.12. The molecule has 1 amide bonds. The zero-order valence-electron chi connectivity index (χ0n) is 13.8. The quantitative estimate of drug-likeness (QED) is 0.838. The maximum Gasteiger partial charge on any atom is 0.257 e. The third kappa shape index (κ3) is 4.92. The number of amides is 1. The van der Waals surface area contributed by atoms with Gasteiger partial charge in [0.05, 0.1) is 13.7 Å². The highest BCUT2D eigenvalue weighted by Gasteiger charge is 2.13. The highest BCUT2D eigenvalue weighted by Crippen LogP contribution is 2.29. The van der Waals surface area contributed by atoms with Crippen molar-refractivity contribution in [1.29, 1.82) is 0 Å². The van der Waals surface area contributed by atoms with Crippen molar-refractivity contribution in [3.05, 3.63) is 28.8 Å². The molecule has 0 spiro atoms. The number of nitrogens with zero attached hydrogens (tertiary/aromatic N) is 2. The van der Waals surface area contributed by atoms with E-state index in [0.29, 0.717) is 34.7 Å². The summed E-state index contributed by atoms with van der Waals surface area (Å²) in [6, 6.07) is 5.11. The van der Waals surface area contributed by atoms with Gasteiger partial charge >= 0.3 is 0 Å². The summed E-state index contributed by atoms with van der Waals surface area (Å²) in [7, 11) is 1.56. The molecular formula is C16H21N3O3S. The second kappa shape index (κ2) is 7.92. The van der Waals surface area contributed by atoms with Crippen LogP contribution < -0.4 is 14.8 Å². The molecule has 0 radical (unpaired) electrons. The molecule has 23 heavy (non-hydrogen) atoms. The van der Waals surface area contributed by atoms with Crippen molar-refractivity contribution in [2.24, 2.45) is 5.92 Å². The van der Waals surface area contributed by atoms with Crippen LogP contribution >= 0.6 is 11.3 Å². The first-order chi connectivity index (χ1) is 11.0. The number of carbonyl (C=O) groups is 1. The number of carbonyl (C=O) groups excluding carboxylic acids is 1. The molecule has 0 saturated carbocycles. The van der Waals surface area contributed by atoms with Gasteiger partial charge in [-0.3, -0.25) is 10.1 Å². The van der Waals surface area contributed by atoms with Crippen LogP contribution in [0.3, 0.4) is 0 Å². The third-order valence-electron chi connectivity index (χ3n) is 3.13. The van der Waals surface area contributed by atoms with Crippen LogP contribution in [0.25, 0.3) is 0 Å². The highest BCUT2D eigenvalue weighted by molar-refractivity contribution is 7.15. The first-order valence-electron chi connectivity index (χ1n) is 7.42.